The largest absolute Gasteiger partial charge is 0.483 e. The van der Waals surface area contributed by atoms with E-state index < -0.39 is 0 Å². The van der Waals surface area contributed by atoms with Gasteiger partial charge < -0.3 is 20.1 Å². The van der Waals surface area contributed by atoms with Crippen LogP contribution in [0.3, 0.4) is 0 Å². The molecule has 6 heteroatoms. The van der Waals surface area contributed by atoms with Gasteiger partial charge in [0.25, 0.3) is 5.91 Å². The van der Waals surface area contributed by atoms with Crippen molar-refractivity contribution in [2.24, 2.45) is 5.73 Å². The van der Waals surface area contributed by atoms with Crippen LogP contribution in [0.2, 0.25) is 5.02 Å². The average Bonchev–Trinajstić information content (AvgIpc) is 2.45. The maximum absolute atomic E-state index is 11.9. The van der Waals surface area contributed by atoms with Crippen molar-refractivity contribution in [3.05, 3.63) is 28.8 Å². The van der Waals surface area contributed by atoms with Gasteiger partial charge in [0.05, 0.1) is 13.2 Å². The number of carbonyl (C=O) groups is 1. The number of carbonyl (C=O) groups excluding carboxylic acids is 1. The van der Waals surface area contributed by atoms with Gasteiger partial charge in [0, 0.05) is 30.2 Å². The predicted molar refractivity (Wildman–Crippen MR) is 72.2 cm³/mol. The van der Waals surface area contributed by atoms with Gasteiger partial charge in [0.1, 0.15) is 5.75 Å². The second-order valence-corrected chi connectivity index (χ2v) is 4.61. The molecule has 1 fully saturated rings. The second-order valence-electron chi connectivity index (χ2n) is 4.20. The summed E-state index contributed by atoms with van der Waals surface area (Å²) in [6.45, 7) is 2.66. The summed E-state index contributed by atoms with van der Waals surface area (Å²) in [5, 5.41) is 0.554. The number of hydrogen-bond acceptors (Lipinski definition) is 4. The molecule has 0 aromatic heterocycles. The molecule has 1 aliphatic heterocycles. The molecule has 0 bridgehead atoms. The normalized spacial score (nSPS) is 15.4. The van der Waals surface area contributed by atoms with Gasteiger partial charge in [-0.3, -0.25) is 4.79 Å². The fourth-order valence-corrected chi connectivity index (χ4v) is 2.16. The van der Waals surface area contributed by atoms with Crippen LogP contribution in [0.1, 0.15) is 5.56 Å². The molecule has 1 aliphatic rings. The lowest BCUT2D eigenvalue weighted by Crippen LogP contribution is -2.43. The molecule has 1 heterocycles. The Labute approximate surface area is 117 Å². The first kappa shape index (κ1) is 14.1. The third-order valence-electron chi connectivity index (χ3n) is 2.99. The van der Waals surface area contributed by atoms with Crippen LogP contribution in [0.15, 0.2) is 18.2 Å². The van der Waals surface area contributed by atoms with E-state index in [9.17, 15) is 4.79 Å². The first-order chi connectivity index (χ1) is 9.22. The Morgan fingerprint density at radius 3 is 2.84 bits per heavy atom. The van der Waals surface area contributed by atoms with Crippen LogP contribution in [0.5, 0.6) is 5.75 Å². The molecule has 0 atom stereocenters. The van der Waals surface area contributed by atoms with E-state index in [-0.39, 0.29) is 19.1 Å². The molecule has 0 unspecified atom stereocenters. The molecule has 0 aliphatic carbocycles. The summed E-state index contributed by atoms with van der Waals surface area (Å²) in [5.41, 5.74) is 6.35. The summed E-state index contributed by atoms with van der Waals surface area (Å²) >= 11 is 6.02. The molecule has 2 N–H and O–H groups in total. The number of halogens is 1. The predicted octanol–water partition coefficient (Wildman–Crippen LogP) is 1.04. The molecular weight excluding hydrogens is 268 g/mol. The summed E-state index contributed by atoms with van der Waals surface area (Å²) in [5.74, 6) is 0.517. The summed E-state index contributed by atoms with van der Waals surface area (Å²) in [4.78, 5) is 13.7. The third kappa shape index (κ3) is 3.59. The van der Waals surface area contributed by atoms with Crippen LogP contribution in [-0.2, 0) is 16.1 Å². The van der Waals surface area contributed by atoms with E-state index in [1.807, 2.05) is 0 Å². The van der Waals surface area contributed by atoms with Crippen LogP contribution < -0.4 is 10.5 Å². The number of hydrogen-bond donors (Lipinski definition) is 1. The van der Waals surface area contributed by atoms with Crippen molar-refractivity contribution in [3.8, 4) is 5.75 Å². The van der Waals surface area contributed by atoms with Crippen molar-refractivity contribution in [2.45, 2.75) is 6.54 Å². The third-order valence-corrected chi connectivity index (χ3v) is 3.35. The lowest BCUT2D eigenvalue weighted by Gasteiger charge is -2.26. The Bertz CT molecular complexity index is 448. The van der Waals surface area contributed by atoms with Crippen molar-refractivity contribution < 1.29 is 14.3 Å². The quantitative estimate of drug-likeness (QED) is 0.897. The van der Waals surface area contributed by atoms with Crippen LogP contribution >= 0.6 is 11.6 Å². The Hall–Kier alpha value is -1.30. The molecule has 1 aromatic rings. The van der Waals surface area contributed by atoms with Crippen LogP contribution in [0.4, 0.5) is 0 Å². The Morgan fingerprint density at radius 1 is 1.42 bits per heavy atom. The number of benzene rings is 1. The number of morpholine rings is 1. The van der Waals surface area contributed by atoms with Gasteiger partial charge >= 0.3 is 0 Å². The molecule has 1 aromatic carbocycles. The minimum atomic E-state index is -0.0498. The van der Waals surface area contributed by atoms with Crippen molar-refractivity contribution in [1.29, 1.82) is 0 Å². The van der Waals surface area contributed by atoms with E-state index in [2.05, 4.69) is 0 Å². The van der Waals surface area contributed by atoms with Crippen LogP contribution in [0.25, 0.3) is 0 Å². The smallest absolute Gasteiger partial charge is 0.260 e. The lowest BCUT2D eigenvalue weighted by molar-refractivity contribution is -0.137. The number of nitrogens with two attached hydrogens (primary N) is 1. The molecule has 104 valence electrons. The van der Waals surface area contributed by atoms with Crippen LogP contribution in [-0.4, -0.2) is 43.7 Å². The maximum Gasteiger partial charge on any atom is 0.260 e. The fraction of sp³-hybridized carbons (Fsp3) is 0.462. The molecular formula is C13H17ClN2O3. The van der Waals surface area contributed by atoms with Crippen LogP contribution in [0, 0.1) is 0 Å². The highest BCUT2D eigenvalue weighted by atomic mass is 35.5. The number of amides is 1. The second kappa shape index (κ2) is 6.75. The van der Waals surface area contributed by atoms with Crippen molar-refractivity contribution >= 4 is 17.5 Å². The SMILES string of the molecule is NCc1c(Cl)cccc1OCC(=O)N1CCOCC1. The van der Waals surface area contributed by atoms with Gasteiger partial charge in [-0.05, 0) is 12.1 Å². The first-order valence-electron chi connectivity index (χ1n) is 6.18. The van der Waals surface area contributed by atoms with Gasteiger partial charge in [0.15, 0.2) is 6.61 Å². The van der Waals surface area contributed by atoms with E-state index in [1.165, 1.54) is 0 Å². The molecule has 5 nitrogen and oxygen atoms in total. The van der Waals surface area contributed by atoms with E-state index in [1.54, 1.807) is 23.1 Å². The lowest BCUT2D eigenvalue weighted by atomic mass is 10.2. The molecule has 2 rings (SSSR count). The number of ether oxygens (including phenoxy) is 2. The monoisotopic (exact) mass is 284 g/mol. The van der Waals surface area contributed by atoms with Gasteiger partial charge in [-0.25, -0.2) is 0 Å². The average molecular weight is 285 g/mol. The maximum atomic E-state index is 11.9. The zero-order valence-corrected chi connectivity index (χ0v) is 11.4. The summed E-state index contributed by atoms with van der Waals surface area (Å²) < 4.78 is 10.7. The van der Waals surface area contributed by atoms with Crippen molar-refractivity contribution in [1.82, 2.24) is 4.90 Å². The summed E-state index contributed by atoms with van der Waals surface area (Å²) in [6.07, 6.45) is 0. The number of nitrogens with zero attached hydrogens (tertiary/aromatic N) is 1. The molecule has 0 radical (unpaired) electrons. The number of rotatable bonds is 4. The Balaban J connectivity index is 1.94. The standard InChI is InChI=1S/C13H17ClN2O3/c14-11-2-1-3-12(10(11)8-15)19-9-13(17)16-4-6-18-7-5-16/h1-3H,4-9,15H2. The molecule has 1 saturated heterocycles. The summed E-state index contributed by atoms with van der Waals surface area (Å²) in [7, 11) is 0. The van der Waals surface area contributed by atoms with Gasteiger partial charge in [-0.15, -0.1) is 0 Å². The topological polar surface area (TPSA) is 64.8 Å². The highest BCUT2D eigenvalue weighted by Gasteiger charge is 2.17. The van der Waals surface area contributed by atoms with E-state index >= 15 is 0 Å². The van der Waals surface area contributed by atoms with Crippen molar-refractivity contribution in [3.63, 3.8) is 0 Å². The molecule has 0 saturated carbocycles. The zero-order valence-electron chi connectivity index (χ0n) is 10.6. The Kier molecular flexibility index (Phi) is 5.01. The van der Waals surface area contributed by atoms with Crippen molar-refractivity contribution in [2.75, 3.05) is 32.9 Å². The van der Waals surface area contributed by atoms with Gasteiger partial charge in [0.2, 0.25) is 0 Å². The minimum absolute atomic E-state index is 0.00660. The van der Waals surface area contributed by atoms with Gasteiger partial charge in [-0.1, -0.05) is 17.7 Å². The fourth-order valence-electron chi connectivity index (χ4n) is 1.92. The van der Waals surface area contributed by atoms with E-state index in [4.69, 9.17) is 26.8 Å². The zero-order chi connectivity index (χ0) is 13.7. The minimum Gasteiger partial charge on any atom is -0.483 e. The van der Waals surface area contributed by atoms with E-state index in [0.717, 1.165) is 5.56 Å². The molecule has 0 spiro atoms. The summed E-state index contributed by atoms with van der Waals surface area (Å²) in [6, 6.07) is 5.29. The van der Waals surface area contributed by atoms with Gasteiger partial charge in [-0.2, -0.15) is 0 Å². The first-order valence-corrected chi connectivity index (χ1v) is 6.56. The highest BCUT2D eigenvalue weighted by molar-refractivity contribution is 6.31. The molecule has 19 heavy (non-hydrogen) atoms. The highest BCUT2D eigenvalue weighted by Crippen LogP contribution is 2.25. The van der Waals surface area contributed by atoms with E-state index in [0.29, 0.717) is 37.1 Å². The molecule has 1 amide bonds. The Morgan fingerprint density at radius 2 is 2.16 bits per heavy atom.